The number of methoxy groups -OCH3 is 1. The highest BCUT2D eigenvalue weighted by molar-refractivity contribution is 7.99. The molecule has 5 nitrogen and oxygen atoms in total. The van der Waals surface area contributed by atoms with Crippen molar-refractivity contribution in [3.8, 4) is 5.75 Å². The number of rotatable bonds is 7. The largest absolute Gasteiger partial charge is 0.495 e. The van der Waals surface area contributed by atoms with Gasteiger partial charge in [0.2, 0.25) is 0 Å². The maximum absolute atomic E-state index is 12.5. The van der Waals surface area contributed by atoms with E-state index < -0.39 is 0 Å². The van der Waals surface area contributed by atoms with Crippen molar-refractivity contribution in [2.45, 2.75) is 18.6 Å². The quantitative estimate of drug-likeness (QED) is 0.447. The van der Waals surface area contributed by atoms with Crippen molar-refractivity contribution in [1.82, 2.24) is 14.8 Å². The van der Waals surface area contributed by atoms with Crippen molar-refractivity contribution in [2.24, 2.45) is 0 Å². The highest BCUT2D eigenvalue weighted by atomic mass is 35.5. The van der Waals surface area contributed by atoms with Gasteiger partial charge in [0, 0.05) is 5.56 Å². The Bertz CT molecular complexity index is 912. The zero-order valence-electron chi connectivity index (χ0n) is 14.5. The highest BCUT2D eigenvalue weighted by Gasteiger charge is 2.14. The second kappa shape index (κ2) is 8.38. The maximum atomic E-state index is 12.5. The van der Waals surface area contributed by atoms with Crippen LogP contribution in [0.4, 0.5) is 0 Å². The predicted octanol–water partition coefficient (Wildman–Crippen LogP) is 4.27. The van der Waals surface area contributed by atoms with E-state index in [1.165, 1.54) is 11.8 Å². The van der Waals surface area contributed by atoms with Crippen LogP contribution in [-0.4, -0.2) is 33.4 Å². The van der Waals surface area contributed by atoms with Gasteiger partial charge in [-0.25, -0.2) is 0 Å². The fourth-order valence-electron chi connectivity index (χ4n) is 2.47. The third-order valence-electron chi connectivity index (χ3n) is 3.89. The molecular formula is C19H18ClN3O2S. The molecule has 0 aliphatic heterocycles. The molecule has 0 atom stereocenters. The minimum Gasteiger partial charge on any atom is -0.495 e. The maximum Gasteiger partial charge on any atom is 0.191 e. The van der Waals surface area contributed by atoms with Gasteiger partial charge in [0.15, 0.2) is 10.9 Å². The lowest BCUT2D eigenvalue weighted by atomic mass is 10.1. The van der Waals surface area contributed by atoms with Crippen LogP contribution in [-0.2, 0) is 6.54 Å². The average molecular weight is 388 g/mol. The zero-order valence-corrected chi connectivity index (χ0v) is 16.0. The summed E-state index contributed by atoms with van der Waals surface area (Å²) in [4.78, 5) is 12.5. The SMILES string of the molecule is COc1ccc(C(=O)CSc2nnc(C)n2Cc2ccccc2)cc1Cl. The number of benzene rings is 2. The standard InChI is InChI=1S/C19H18ClN3O2S/c1-13-21-22-19(23(13)11-14-6-4-3-5-7-14)26-12-17(24)15-8-9-18(25-2)16(20)10-15/h3-10H,11-12H2,1-2H3. The molecule has 1 heterocycles. The number of ketones is 1. The van der Waals surface area contributed by atoms with E-state index in [4.69, 9.17) is 16.3 Å². The first-order valence-corrected chi connectivity index (χ1v) is 9.38. The van der Waals surface area contributed by atoms with E-state index in [-0.39, 0.29) is 11.5 Å². The van der Waals surface area contributed by atoms with Gasteiger partial charge in [-0.2, -0.15) is 0 Å². The summed E-state index contributed by atoms with van der Waals surface area (Å²) in [7, 11) is 1.54. The molecule has 0 fully saturated rings. The van der Waals surface area contributed by atoms with Crippen molar-refractivity contribution < 1.29 is 9.53 Å². The Morgan fingerprint density at radius 1 is 1.19 bits per heavy atom. The summed E-state index contributed by atoms with van der Waals surface area (Å²) in [6, 6.07) is 15.1. The fourth-order valence-corrected chi connectivity index (χ4v) is 3.61. The third-order valence-corrected chi connectivity index (χ3v) is 5.15. The van der Waals surface area contributed by atoms with Crippen LogP contribution in [0.5, 0.6) is 5.75 Å². The molecule has 0 saturated carbocycles. The number of carbonyl (C=O) groups is 1. The van der Waals surface area contributed by atoms with Crippen LogP contribution in [0.3, 0.4) is 0 Å². The molecule has 0 unspecified atom stereocenters. The zero-order chi connectivity index (χ0) is 18.5. The second-order valence-electron chi connectivity index (χ2n) is 5.66. The van der Waals surface area contributed by atoms with Crippen molar-refractivity contribution >= 4 is 29.1 Å². The lowest BCUT2D eigenvalue weighted by Crippen LogP contribution is -2.07. The molecule has 0 radical (unpaired) electrons. The fraction of sp³-hybridized carbons (Fsp3) is 0.211. The smallest absolute Gasteiger partial charge is 0.191 e. The minimum atomic E-state index is -0.0218. The van der Waals surface area contributed by atoms with Gasteiger partial charge >= 0.3 is 0 Å². The average Bonchev–Trinajstić information content (AvgIpc) is 3.00. The number of nitrogens with zero attached hydrogens (tertiary/aromatic N) is 3. The predicted molar refractivity (Wildman–Crippen MR) is 103 cm³/mol. The summed E-state index contributed by atoms with van der Waals surface area (Å²) < 4.78 is 7.12. The van der Waals surface area contributed by atoms with Gasteiger partial charge in [-0.3, -0.25) is 4.79 Å². The molecule has 0 spiro atoms. The highest BCUT2D eigenvalue weighted by Crippen LogP contribution is 2.26. The van der Waals surface area contributed by atoms with Gasteiger partial charge in [0.05, 0.1) is 24.4 Å². The molecule has 26 heavy (non-hydrogen) atoms. The molecular weight excluding hydrogens is 370 g/mol. The van der Waals surface area contributed by atoms with E-state index in [0.717, 1.165) is 16.5 Å². The minimum absolute atomic E-state index is 0.0218. The van der Waals surface area contributed by atoms with E-state index >= 15 is 0 Å². The van der Waals surface area contributed by atoms with E-state index in [0.29, 0.717) is 22.9 Å². The Morgan fingerprint density at radius 2 is 1.96 bits per heavy atom. The van der Waals surface area contributed by atoms with Crippen LogP contribution in [0.25, 0.3) is 0 Å². The Morgan fingerprint density at radius 3 is 2.65 bits per heavy atom. The number of aromatic nitrogens is 3. The number of Topliss-reactive ketones (excluding diaryl/α,β-unsaturated/α-hetero) is 1. The first kappa shape index (κ1) is 18.5. The van der Waals surface area contributed by atoms with Crippen molar-refractivity contribution in [3.63, 3.8) is 0 Å². The van der Waals surface area contributed by atoms with Crippen molar-refractivity contribution in [3.05, 3.63) is 70.5 Å². The first-order valence-electron chi connectivity index (χ1n) is 8.01. The Labute approximate surface area is 161 Å². The molecule has 134 valence electrons. The number of ether oxygens (including phenoxy) is 1. The molecule has 0 aliphatic carbocycles. The van der Waals surface area contributed by atoms with Crippen molar-refractivity contribution in [1.29, 1.82) is 0 Å². The molecule has 2 aromatic carbocycles. The first-order chi connectivity index (χ1) is 12.6. The molecule has 0 bridgehead atoms. The molecule has 0 aliphatic rings. The molecule has 7 heteroatoms. The summed E-state index contributed by atoms with van der Waals surface area (Å²) in [5.74, 6) is 1.60. The third kappa shape index (κ3) is 4.26. The number of carbonyl (C=O) groups excluding carboxylic acids is 1. The molecule has 0 N–H and O–H groups in total. The Kier molecular flexibility index (Phi) is 5.96. The number of hydrogen-bond acceptors (Lipinski definition) is 5. The van der Waals surface area contributed by atoms with Crippen LogP contribution in [0.1, 0.15) is 21.7 Å². The summed E-state index contributed by atoms with van der Waals surface area (Å²) in [6.07, 6.45) is 0. The molecule has 3 aromatic rings. The van der Waals surface area contributed by atoms with E-state index in [1.54, 1.807) is 25.3 Å². The molecule has 3 rings (SSSR count). The van der Waals surface area contributed by atoms with E-state index in [1.807, 2.05) is 29.7 Å². The van der Waals surface area contributed by atoms with Crippen LogP contribution < -0.4 is 4.74 Å². The summed E-state index contributed by atoms with van der Waals surface area (Å²) >= 11 is 7.47. The summed E-state index contributed by atoms with van der Waals surface area (Å²) in [6.45, 7) is 2.58. The summed E-state index contributed by atoms with van der Waals surface area (Å²) in [5.41, 5.74) is 1.71. The van der Waals surface area contributed by atoms with E-state index in [2.05, 4.69) is 22.3 Å². The van der Waals surface area contributed by atoms with Crippen LogP contribution in [0.15, 0.2) is 53.7 Å². The number of halogens is 1. The van der Waals surface area contributed by atoms with Gasteiger partial charge in [-0.05, 0) is 30.7 Å². The van der Waals surface area contributed by atoms with Crippen molar-refractivity contribution in [2.75, 3.05) is 12.9 Å². The van der Waals surface area contributed by atoms with Crippen LogP contribution in [0, 0.1) is 6.92 Å². The topological polar surface area (TPSA) is 57.0 Å². The number of aryl methyl sites for hydroxylation is 1. The van der Waals surface area contributed by atoms with Gasteiger partial charge in [0.1, 0.15) is 11.6 Å². The lowest BCUT2D eigenvalue weighted by molar-refractivity contribution is 0.102. The molecule has 1 aromatic heterocycles. The Hall–Kier alpha value is -2.31. The Balaban J connectivity index is 1.70. The number of thioether (sulfide) groups is 1. The van der Waals surface area contributed by atoms with Gasteiger partial charge in [-0.1, -0.05) is 53.7 Å². The summed E-state index contributed by atoms with van der Waals surface area (Å²) in [5, 5.41) is 9.49. The van der Waals surface area contributed by atoms with E-state index in [9.17, 15) is 4.79 Å². The second-order valence-corrected chi connectivity index (χ2v) is 7.01. The normalized spacial score (nSPS) is 10.7. The van der Waals surface area contributed by atoms with Crippen LogP contribution in [0.2, 0.25) is 5.02 Å². The van der Waals surface area contributed by atoms with Gasteiger partial charge < -0.3 is 9.30 Å². The van der Waals surface area contributed by atoms with Crippen LogP contribution >= 0.6 is 23.4 Å². The van der Waals surface area contributed by atoms with Gasteiger partial charge in [0.25, 0.3) is 0 Å². The number of hydrogen-bond donors (Lipinski definition) is 0. The monoisotopic (exact) mass is 387 g/mol. The molecule has 0 saturated heterocycles. The molecule has 0 amide bonds. The van der Waals surface area contributed by atoms with Gasteiger partial charge in [-0.15, -0.1) is 10.2 Å². The lowest BCUT2D eigenvalue weighted by Gasteiger charge is -2.09.